The van der Waals surface area contributed by atoms with E-state index < -0.39 is 5.60 Å². The molecule has 0 spiro atoms. The molecular weight excluding hydrogens is 221 g/mol. The summed E-state index contributed by atoms with van der Waals surface area (Å²) in [6.07, 6.45) is 1.98. The van der Waals surface area contributed by atoms with Crippen LogP contribution in [0.4, 0.5) is 0 Å². The Balaban J connectivity index is 0.00000120. The first kappa shape index (κ1) is 14.9. The number of ether oxygens (including phenoxy) is 1. The standard InChI is InChI=1S/C14H24NO2.Li/c1-13(2)10-8-12(14(3,16)9-11(10)13)15-4-6-17-7-5-15;/h10-12H,4-9H2,1-3H3;/q-1;+1/t10-,11+,12+,14+;/m1./s1. The summed E-state index contributed by atoms with van der Waals surface area (Å²) in [7, 11) is 0. The van der Waals surface area contributed by atoms with Gasteiger partial charge in [-0.25, -0.2) is 0 Å². The molecule has 0 bridgehead atoms. The van der Waals surface area contributed by atoms with Gasteiger partial charge in [0.05, 0.1) is 13.2 Å². The Morgan fingerprint density at radius 2 is 1.72 bits per heavy atom. The minimum Gasteiger partial charge on any atom is -0.848 e. The molecule has 3 rings (SSSR count). The van der Waals surface area contributed by atoms with Crippen LogP contribution in [0.2, 0.25) is 0 Å². The van der Waals surface area contributed by atoms with Crippen LogP contribution in [0.15, 0.2) is 0 Å². The zero-order valence-electron chi connectivity index (χ0n) is 12.2. The second kappa shape index (κ2) is 4.79. The molecule has 0 unspecified atom stereocenters. The Labute approximate surface area is 122 Å². The van der Waals surface area contributed by atoms with E-state index in [4.69, 9.17) is 4.74 Å². The van der Waals surface area contributed by atoms with Gasteiger partial charge in [-0.15, -0.1) is 5.60 Å². The van der Waals surface area contributed by atoms with Crippen molar-refractivity contribution in [1.29, 1.82) is 0 Å². The van der Waals surface area contributed by atoms with Crippen molar-refractivity contribution in [2.45, 2.75) is 45.3 Å². The predicted octanol–water partition coefficient (Wildman–Crippen LogP) is -2.12. The molecule has 1 aliphatic heterocycles. The zero-order valence-corrected chi connectivity index (χ0v) is 12.2. The van der Waals surface area contributed by atoms with Gasteiger partial charge < -0.3 is 9.84 Å². The van der Waals surface area contributed by atoms with Crippen LogP contribution in [0.5, 0.6) is 0 Å². The number of fused-ring (bicyclic) bond motifs is 1. The molecule has 4 atom stereocenters. The van der Waals surface area contributed by atoms with Crippen LogP contribution in [-0.2, 0) is 4.74 Å². The molecule has 0 aromatic carbocycles. The van der Waals surface area contributed by atoms with Crippen molar-refractivity contribution < 1.29 is 28.7 Å². The maximum Gasteiger partial charge on any atom is 1.00 e. The van der Waals surface area contributed by atoms with Gasteiger partial charge in [0.1, 0.15) is 0 Å². The molecule has 0 N–H and O–H groups in total. The number of morpholine rings is 1. The normalized spacial score (nSPS) is 47.0. The van der Waals surface area contributed by atoms with Gasteiger partial charge in [-0.05, 0) is 23.7 Å². The topological polar surface area (TPSA) is 35.5 Å². The third kappa shape index (κ3) is 2.29. The van der Waals surface area contributed by atoms with Crippen molar-refractivity contribution in [3.8, 4) is 0 Å². The summed E-state index contributed by atoms with van der Waals surface area (Å²) in [4.78, 5) is 2.39. The van der Waals surface area contributed by atoms with Gasteiger partial charge in [0.25, 0.3) is 0 Å². The summed E-state index contributed by atoms with van der Waals surface area (Å²) in [6, 6.07) is 0.231. The van der Waals surface area contributed by atoms with Crippen LogP contribution >= 0.6 is 0 Å². The van der Waals surface area contributed by atoms with Crippen molar-refractivity contribution >= 4 is 0 Å². The van der Waals surface area contributed by atoms with E-state index >= 15 is 0 Å². The van der Waals surface area contributed by atoms with Crippen molar-refractivity contribution in [2.75, 3.05) is 26.3 Å². The average Bonchev–Trinajstić information content (AvgIpc) is 2.78. The molecule has 1 heterocycles. The van der Waals surface area contributed by atoms with E-state index in [0.717, 1.165) is 45.1 Å². The smallest absolute Gasteiger partial charge is 0.848 e. The summed E-state index contributed by atoms with van der Waals surface area (Å²) < 4.78 is 5.39. The molecule has 18 heavy (non-hydrogen) atoms. The van der Waals surface area contributed by atoms with Crippen molar-refractivity contribution in [1.82, 2.24) is 4.90 Å². The first-order valence-electron chi connectivity index (χ1n) is 6.95. The molecular formula is C14H24LiNO2. The molecule has 1 saturated heterocycles. The average molecular weight is 245 g/mol. The van der Waals surface area contributed by atoms with Crippen LogP contribution in [-0.4, -0.2) is 42.8 Å². The first-order chi connectivity index (χ1) is 7.93. The van der Waals surface area contributed by atoms with Crippen LogP contribution < -0.4 is 24.0 Å². The van der Waals surface area contributed by atoms with E-state index in [0.29, 0.717) is 11.3 Å². The summed E-state index contributed by atoms with van der Waals surface area (Å²) in [6.45, 7) is 10.1. The van der Waals surface area contributed by atoms with Crippen LogP contribution in [0.3, 0.4) is 0 Å². The molecule has 2 saturated carbocycles. The zero-order chi connectivity index (χ0) is 12.3. The number of hydrogen-bond acceptors (Lipinski definition) is 3. The first-order valence-corrected chi connectivity index (χ1v) is 6.95. The van der Waals surface area contributed by atoms with E-state index in [1.165, 1.54) is 0 Å². The molecule has 3 aliphatic rings. The Hall–Kier alpha value is 0.477. The third-order valence-corrected chi connectivity index (χ3v) is 5.58. The summed E-state index contributed by atoms with van der Waals surface area (Å²) in [5.74, 6) is 1.47. The van der Waals surface area contributed by atoms with E-state index in [1.54, 1.807) is 0 Å². The van der Waals surface area contributed by atoms with E-state index in [2.05, 4.69) is 18.7 Å². The molecule has 4 heteroatoms. The Morgan fingerprint density at radius 3 is 2.33 bits per heavy atom. The molecule has 0 aromatic rings. The molecule has 3 fully saturated rings. The summed E-state index contributed by atoms with van der Waals surface area (Å²) in [5, 5.41) is 12.8. The number of nitrogens with zero attached hydrogens (tertiary/aromatic N) is 1. The second-order valence-electron chi connectivity index (χ2n) is 6.95. The van der Waals surface area contributed by atoms with Crippen LogP contribution in [0.1, 0.15) is 33.6 Å². The van der Waals surface area contributed by atoms with Crippen LogP contribution in [0.25, 0.3) is 0 Å². The fourth-order valence-corrected chi connectivity index (χ4v) is 4.22. The van der Waals surface area contributed by atoms with Crippen molar-refractivity contribution in [3.05, 3.63) is 0 Å². The predicted molar refractivity (Wildman–Crippen MR) is 64.6 cm³/mol. The van der Waals surface area contributed by atoms with Crippen LogP contribution in [0, 0.1) is 17.3 Å². The van der Waals surface area contributed by atoms with E-state index in [9.17, 15) is 5.11 Å². The van der Waals surface area contributed by atoms with Gasteiger partial charge in [-0.1, -0.05) is 27.2 Å². The van der Waals surface area contributed by atoms with E-state index in [-0.39, 0.29) is 24.9 Å². The van der Waals surface area contributed by atoms with Gasteiger partial charge in [0.15, 0.2) is 0 Å². The third-order valence-electron chi connectivity index (χ3n) is 5.58. The van der Waals surface area contributed by atoms with E-state index in [1.807, 2.05) is 6.92 Å². The second-order valence-corrected chi connectivity index (χ2v) is 6.95. The van der Waals surface area contributed by atoms with Gasteiger partial charge in [-0.2, -0.15) is 0 Å². The van der Waals surface area contributed by atoms with Gasteiger partial charge in [-0.3, -0.25) is 4.90 Å². The fraction of sp³-hybridized carbons (Fsp3) is 1.00. The molecule has 0 aromatic heterocycles. The largest absolute Gasteiger partial charge is 1.00 e. The Morgan fingerprint density at radius 1 is 1.11 bits per heavy atom. The monoisotopic (exact) mass is 245 g/mol. The summed E-state index contributed by atoms with van der Waals surface area (Å²) >= 11 is 0. The minimum atomic E-state index is -0.758. The maximum atomic E-state index is 12.8. The van der Waals surface area contributed by atoms with Gasteiger partial charge in [0.2, 0.25) is 0 Å². The summed E-state index contributed by atoms with van der Waals surface area (Å²) in [5.41, 5.74) is -0.334. The Bertz CT molecular complexity index is 313. The maximum absolute atomic E-state index is 12.8. The molecule has 98 valence electrons. The van der Waals surface area contributed by atoms with Crippen molar-refractivity contribution in [2.24, 2.45) is 17.3 Å². The van der Waals surface area contributed by atoms with Gasteiger partial charge in [0, 0.05) is 19.1 Å². The SMILES string of the molecule is CC1(C)[C@@H]2C[C@H](N3CCOCC3)[C@@](C)([O-])C[C@@H]21.[Li+]. The quantitative estimate of drug-likeness (QED) is 0.495. The van der Waals surface area contributed by atoms with Gasteiger partial charge >= 0.3 is 18.9 Å². The Kier molecular flexibility index (Phi) is 3.96. The molecule has 0 amide bonds. The number of rotatable bonds is 1. The molecule has 0 radical (unpaired) electrons. The van der Waals surface area contributed by atoms with Crippen molar-refractivity contribution in [3.63, 3.8) is 0 Å². The fourth-order valence-electron chi connectivity index (χ4n) is 4.22. The number of hydrogen-bond donors (Lipinski definition) is 0. The molecule has 3 nitrogen and oxygen atoms in total. The molecule has 2 aliphatic carbocycles. The minimum absolute atomic E-state index is 0.